The van der Waals surface area contributed by atoms with Crippen LogP contribution in [-0.4, -0.2) is 40.9 Å². The van der Waals surface area contributed by atoms with Crippen LogP contribution in [0.25, 0.3) is 11.1 Å². The minimum atomic E-state index is 0.0977. The smallest absolute Gasteiger partial charge is 0.225 e. The zero-order chi connectivity index (χ0) is 18.9. The predicted octanol–water partition coefficient (Wildman–Crippen LogP) is 4.58. The van der Waals surface area contributed by atoms with Crippen LogP contribution in [-0.2, 0) is 11.3 Å². The lowest BCUT2D eigenvalue weighted by atomic mass is 9.94. The average molecular weight is 363 g/mol. The number of hydrogen-bond donors (Lipinski definition) is 0. The molecule has 4 rings (SSSR count). The molecule has 1 unspecified atom stereocenters. The fraction of sp³-hybridized carbons (Fsp3) is 0.458. The molecular formula is C24H30N2O. The van der Waals surface area contributed by atoms with E-state index in [1.54, 1.807) is 0 Å². The molecule has 2 aromatic carbocycles. The Labute approximate surface area is 163 Å². The summed E-state index contributed by atoms with van der Waals surface area (Å²) >= 11 is 0. The molecule has 2 aromatic rings. The third-order valence-corrected chi connectivity index (χ3v) is 6.31. The van der Waals surface area contributed by atoms with Crippen LogP contribution in [0.3, 0.4) is 0 Å². The van der Waals surface area contributed by atoms with Gasteiger partial charge in [-0.25, -0.2) is 0 Å². The lowest BCUT2D eigenvalue weighted by Crippen LogP contribution is -2.46. The van der Waals surface area contributed by atoms with Gasteiger partial charge in [0.2, 0.25) is 5.91 Å². The summed E-state index contributed by atoms with van der Waals surface area (Å²) in [5, 5.41) is 0. The van der Waals surface area contributed by atoms with E-state index in [1.807, 2.05) is 13.8 Å². The lowest BCUT2D eigenvalue weighted by molar-refractivity contribution is -0.133. The van der Waals surface area contributed by atoms with E-state index in [-0.39, 0.29) is 11.5 Å². The number of rotatable bonds is 4. The van der Waals surface area contributed by atoms with Gasteiger partial charge in [-0.05, 0) is 42.5 Å². The highest BCUT2D eigenvalue weighted by Crippen LogP contribution is 2.39. The molecule has 0 aliphatic carbocycles. The molecule has 2 aliphatic heterocycles. The van der Waals surface area contributed by atoms with Crippen LogP contribution < -0.4 is 0 Å². The van der Waals surface area contributed by atoms with Gasteiger partial charge in [0, 0.05) is 31.1 Å². The first-order chi connectivity index (χ1) is 13.1. The monoisotopic (exact) mass is 362 g/mol. The molecule has 0 saturated carbocycles. The molecule has 2 saturated heterocycles. The highest BCUT2D eigenvalue weighted by Gasteiger charge is 2.47. The maximum Gasteiger partial charge on any atom is 0.225 e. The Morgan fingerprint density at radius 3 is 2.37 bits per heavy atom. The lowest BCUT2D eigenvalue weighted by Gasteiger charge is -2.35. The highest BCUT2D eigenvalue weighted by molar-refractivity contribution is 5.78. The molecule has 1 spiro atoms. The minimum Gasteiger partial charge on any atom is -0.341 e. The number of hydrogen-bond acceptors (Lipinski definition) is 2. The Morgan fingerprint density at radius 1 is 0.963 bits per heavy atom. The SMILES string of the molecule is CC(C)C(=O)N1CCC2(CCCN2Cc2ccc(-c3ccccc3)cc2)C1. The fourth-order valence-electron chi connectivity index (χ4n) is 4.77. The fourth-order valence-corrected chi connectivity index (χ4v) is 4.77. The van der Waals surface area contributed by atoms with Crippen molar-refractivity contribution in [3.05, 3.63) is 60.2 Å². The first-order valence-corrected chi connectivity index (χ1v) is 10.3. The third-order valence-electron chi connectivity index (χ3n) is 6.31. The van der Waals surface area contributed by atoms with Crippen molar-refractivity contribution >= 4 is 5.91 Å². The van der Waals surface area contributed by atoms with Crippen molar-refractivity contribution in [3.63, 3.8) is 0 Å². The Morgan fingerprint density at radius 2 is 1.67 bits per heavy atom. The molecule has 3 nitrogen and oxygen atoms in total. The number of benzene rings is 2. The number of likely N-dealkylation sites (tertiary alicyclic amines) is 2. The molecule has 3 heteroatoms. The molecule has 0 radical (unpaired) electrons. The Kier molecular flexibility index (Phi) is 5.05. The van der Waals surface area contributed by atoms with Crippen LogP contribution in [0, 0.1) is 5.92 Å². The van der Waals surface area contributed by atoms with E-state index in [9.17, 15) is 4.79 Å². The highest BCUT2D eigenvalue weighted by atomic mass is 16.2. The van der Waals surface area contributed by atoms with Gasteiger partial charge in [0.05, 0.1) is 0 Å². The largest absolute Gasteiger partial charge is 0.341 e. The van der Waals surface area contributed by atoms with Gasteiger partial charge in [0.1, 0.15) is 0 Å². The second kappa shape index (κ2) is 7.47. The van der Waals surface area contributed by atoms with Gasteiger partial charge in [-0.3, -0.25) is 9.69 Å². The van der Waals surface area contributed by atoms with Gasteiger partial charge < -0.3 is 4.90 Å². The van der Waals surface area contributed by atoms with Crippen LogP contribution in [0.4, 0.5) is 0 Å². The second-order valence-electron chi connectivity index (χ2n) is 8.48. The number of carbonyl (C=O) groups is 1. The van der Waals surface area contributed by atoms with Gasteiger partial charge in [-0.1, -0.05) is 68.4 Å². The van der Waals surface area contributed by atoms with Gasteiger partial charge in [-0.2, -0.15) is 0 Å². The summed E-state index contributed by atoms with van der Waals surface area (Å²) in [4.78, 5) is 17.2. The van der Waals surface area contributed by atoms with E-state index >= 15 is 0 Å². The van der Waals surface area contributed by atoms with Gasteiger partial charge in [0.25, 0.3) is 0 Å². The van der Waals surface area contributed by atoms with Crippen LogP contribution in [0.1, 0.15) is 38.7 Å². The van der Waals surface area contributed by atoms with E-state index in [1.165, 1.54) is 29.5 Å². The summed E-state index contributed by atoms with van der Waals surface area (Å²) in [6.07, 6.45) is 3.58. The summed E-state index contributed by atoms with van der Waals surface area (Å²) in [6.45, 7) is 7.97. The molecular weight excluding hydrogens is 332 g/mol. The molecule has 1 atom stereocenters. The van der Waals surface area contributed by atoms with E-state index < -0.39 is 0 Å². The molecule has 2 heterocycles. The summed E-state index contributed by atoms with van der Waals surface area (Å²) in [7, 11) is 0. The van der Waals surface area contributed by atoms with E-state index in [4.69, 9.17) is 0 Å². The van der Waals surface area contributed by atoms with Crippen molar-refractivity contribution in [3.8, 4) is 11.1 Å². The first kappa shape index (κ1) is 18.2. The van der Waals surface area contributed by atoms with Crippen molar-refractivity contribution in [2.75, 3.05) is 19.6 Å². The van der Waals surface area contributed by atoms with Crippen molar-refractivity contribution < 1.29 is 4.79 Å². The van der Waals surface area contributed by atoms with Crippen molar-refractivity contribution in [1.82, 2.24) is 9.80 Å². The molecule has 2 aliphatic rings. The maximum absolute atomic E-state index is 12.4. The zero-order valence-electron chi connectivity index (χ0n) is 16.5. The molecule has 0 aromatic heterocycles. The third kappa shape index (κ3) is 3.66. The Hall–Kier alpha value is -2.13. The van der Waals surface area contributed by atoms with Crippen LogP contribution in [0.2, 0.25) is 0 Å². The maximum atomic E-state index is 12.4. The quantitative estimate of drug-likeness (QED) is 0.795. The summed E-state index contributed by atoms with van der Waals surface area (Å²) in [5.41, 5.74) is 4.10. The molecule has 142 valence electrons. The number of amides is 1. The normalized spacial score (nSPS) is 22.9. The van der Waals surface area contributed by atoms with E-state index in [0.717, 1.165) is 32.6 Å². The molecule has 0 bridgehead atoms. The second-order valence-corrected chi connectivity index (χ2v) is 8.48. The summed E-state index contributed by atoms with van der Waals surface area (Å²) in [6, 6.07) is 19.5. The standard InChI is InChI=1S/C24H30N2O/c1-19(2)23(27)25-16-14-24(18-25)13-6-15-26(24)17-20-9-11-22(12-10-20)21-7-4-3-5-8-21/h3-5,7-12,19H,6,13-18H2,1-2H3. The zero-order valence-corrected chi connectivity index (χ0v) is 16.5. The average Bonchev–Trinajstić information content (AvgIpc) is 3.30. The van der Waals surface area contributed by atoms with E-state index in [0.29, 0.717) is 5.91 Å². The van der Waals surface area contributed by atoms with Crippen molar-refractivity contribution in [1.29, 1.82) is 0 Å². The van der Waals surface area contributed by atoms with Gasteiger partial charge >= 0.3 is 0 Å². The van der Waals surface area contributed by atoms with Crippen molar-refractivity contribution in [2.45, 2.75) is 45.2 Å². The first-order valence-electron chi connectivity index (χ1n) is 10.3. The van der Waals surface area contributed by atoms with Crippen LogP contribution >= 0.6 is 0 Å². The molecule has 1 amide bonds. The Balaban J connectivity index is 1.45. The van der Waals surface area contributed by atoms with Gasteiger partial charge in [0.15, 0.2) is 0 Å². The van der Waals surface area contributed by atoms with Crippen LogP contribution in [0.5, 0.6) is 0 Å². The predicted molar refractivity (Wildman–Crippen MR) is 110 cm³/mol. The minimum absolute atomic E-state index is 0.0977. The van der Waals surface area contributed by atoms with Crippen LogP contribution in [0.15, 0.2) is 54.6 Å². The number of carbonyl (C=O) groups excluding carboxylic acids is 1. The van der Waals surface area contributed by atoms with E-state index in [2.05, 4.69) is 64.4 Å². The topological polar surface area (TPSA) is 23.6 Å². The summed E-state index contributed by atoms with van der Waals surface area (Å²) in [5.74, 6) is 0.409. The number of nitrogens with zero attached hydrogens (tertiary/aromatic N) is 2. The van der Waals surface area contributed by atoms with Crippen molar-refractivity contribution in [2.24, 2.45) is 5.92 Å². The Bertz CT molecular complexity index is 784. The molecule has 0 N–H and O–H groups in total. The molecule has 27 heavy (non-hydrogen) atoms. The summed E-state index contributed by atoms with van der Waals surface area (Å²) < 4.78 is 0. The van der Waals surface area contributed by atoms with Gasteiger partial charge in [-0.15, -0.1) is 0 Å². The molecule has 2 fully saturated rings.